The van der Waals surface area contributed by atoms with Crippen molar-refractivity contribution in [3.05, 3.63) is 59.7 Å². The molecule has 6 heteroatoms. The van der Waals surface area contributed by atoms with Gasteiger partial charge in [0.25, 0.3) is 5.91 Å². The largest absolute Gasteiger partial charge is 0.338 e. The molecule has 132 valence electrons. The maximum absolute atomic E-state index is 12.6. The van der Waals surface area contributed by atoms with E-state index in [-0.39, 0.29) is 12.3 Å². The summed E-state index contributed by atoms with van der Waals surface area (Å²) in [6.07, 6.45) is 0.782. The van der Waals surface area contributed by atoms with Crippen LogP contribution in [0, 0.1) is 0 Å². The van der Waals surface area contributed by atoms with Gasteiger partial charge < -0.3 is 10.2 Å². The number of fused-ring (bicyclic) bond motifs is 1. The van der Waals surface area contributed by atoms with Crippen molar-refractivity contribution in [3.63, 3.8) is 0 Å². The van der Waals surface area contributed by atoms with Gasteiger partial charge in [-0.25, -0.2) is 4.79 Å². The summed E-state index contributed by atoms with van der Waals surface area (Å²) in [6, 6.07) is 15.2. The van der Waals surface area contributed by atoms with Crippen LogP contribution in [-0.2, 0) is 22.6 Å². The van der Waals surface area contributed by atoms with Crippen molar-refractivity contribution in [2.24, 2.45) is 0 Å². The Hall–Kier alpha value is -3.15. The lowest BCUT2D eigenvalue weighted by Crippen LogP contribution is -2.41. The van der Waals surface area contributed by atoms with Crippen LogP contribution >= 0.6 is 0 Å². The molecule has 1 fully saturated rings. The van der Waals surface area contributed by atoms with Crippen LogP contribution in [-0.4, -0.2) is 35.3 Å². The molecule has 0 saturated carbocycles. The summed E-state index contributed by atoms with van der Waals surface area (Å²) in [7, 11) is 0. The Bertz CT molecular complexity index is 879. The molecule has 0 aromatic heterocycles. The molecule has 2 aromatic carbocycles. The van der Waals surface area contributed by atoms with Crippen LogP contribution in [0.5, 0.6) is 0 Å². The number of nitrogens with one attached hydrogen (secondary N) is 2. The fourth-order valence-corrected chi connectivity index (χ4v) is 3.49. The Balaban J connectivity index is 1.49. The third kappa shape index (κ3) is 3.18. The summed E-state index contributed by atoms with van der Waals surface area (Å²) in [4.78, 5) is 37.2. The number of carbonyl (C=O) groups is 3. The molecule has 2 aromatic rings. The minimum atomic E-state index is -0.771. The van der Waals surface area contributed by atoms with Gasteiger partial charge in [0.1, 0.15) is 6.04 Å². The van der Waals surface area contributed by atoms with Crippen LogP contribution in [0.1, 0.15) is 17.5 Å². The first-order chi connectivity index (χ1) is 12.6. The van der Waals surface area contributed by atoms with Gasteiger partial charge in [-0.15, -0.1) is 0 Å². The zero-order chi connectivity index (χ0) is 18.1. The van der Waals surface area contributed by atoms with E-state index in [9.17, 15) is 14.4 Å². The lowest BCUT2D eigenvalue weighted by Gasteiger charge is -2.30. The van der Waals surface area contributed by atoms with Crippen molar-refractivity contribution in [3.8, 4) is 11.1 Å². The van der Waals surface area contributed by atoms with Gasteiger partial charge in [0.05, 0.1) is 6.42 Å². The molecule has 26 heavy (non-hydrogen) atoms. The van der Waals surface area contributed by atoms with E-state index in [0.717, 1.165) is 23.1 Å². The van der Waals surface area contributed by atoms with Gasteiger partial charge in [-0.3, -0.25) is 14.9 Å². The van der Waals surface area contributed by atoms with E-state index in [1.165, 1.54) is 5.56 Å². The quantitative estimate of drug-likeness (QED) is 0.830. The highest BCUT2D eigenvalue weighted by Crippen LogP contribution is 2.26. The first-order valence-electron chi connectivity index (χ1n) is 8.66. The monoisotopic (exact) mass is 349 g/mol. The van der Waals surface area contributed by atoms with Crippen molar-refractivity contribution in [1.82, 2.24) is 15.5 Å². The predicted octanol–water partition coefficient (Wildman–Crippen LogP) is 1.84. The van der Waals surface area contributed by atoms with Gasteiger partial charge in [-0.05, 0) is 34.7 Å². The second kappa shape index (κ2) is 6.63. The Morgan fingerprint density at radius 1 is 1.04 bits per heavy atom. The zero-order valence-electron chi connectivity index (χ0n) is 14.2. The van der Waals surface area contributed by atoms with E-state index in [2.05, 4.69) is 41.0 Å². The van der Waals surface area contributed by atoms with Crippen molar-refractivity contribution in [2.45, 2.75) is 25.4 Å². The Morgan fingerprint density at radius 2 is 1.85 bits per heavy atom. The molecule has 2 heterocycles. The molecule has 0 radical (unpaired) electrons. The van der Waals surface area contributed by atoms with E-state index in [1.807, 2.05) is 18.2 Å². The van der Waals surface area contributed by atoms with Crippen molar-refractivity contribution in [2.75, 3.05) is 6.54 Å². The summed E-state index contributed by atoms with van der Waals surface area (Å²) in [5.41, 5.74) is 4.65. The lowest BCUT2D eigenvalue weighted by atomic mass is 9.94. The number of hydrogen-bond acceptors (Lipinski definition) is 3. The van der Waals surface area contributed by atoms with Crippen LogP contribution in [0.4, 0.5) is 4.79 Å². The summed E-state index contributed by atoms with van der Waals surface area (Å²) in [5, 5.41) is 4.63. The van der Waals surface area contributed by atoms with Crippen LogP contribution in [0.3, 0.4) is 0 Å². The molecule has 0 spiro atoms. The first kappa shape index (κ1) is 16.3. The van der Waals surface area contributed by atoms with Gasteiger partial charge in [0, 0.05) is 13.1 Å². The second-order valence-electron chi connectivity index (χ2n) is 6.63. The standard InChI is InChI=1S/C20H19N3O3/c24-18(11-17-19(25)22-20(26)21-17)23-9-8-14-6-7-15(10-16(14)12-23)13-4-2-1-3-5-13/h1-7,10,17H,8-9,11-12H2,(H2,21,22,25,26)/t17-/m0/s1. The maximum Gasteiger partial charge on any atom is 0.322 e. The van der Waals surface area contributed by atoms with E-state index >= 15 is 0 Å². The molecule has 0 unspecified atom stereocenters. The summed E-state index contributed by atoms with van der Waals surface area (Å²) < 4.78 is 0. The molecule has 0 aliphatic carbocycles. The molecule has 6 nitrogen and oxygen atoms in total. The van der Waals surface area contributed by atoms with Crippen molar-refractivity contribution >= 4 is 17.8 Å². The third-order valence-corrected chi connectivity index (χ3v) is 4.92. The maximum atomic E-state index is 12.6. The molecule has 4 amide bonds. The number of rotatable bonds is 3. The molecule has 2 aliphatic rings. The number of nitrogens with zero attached hydrogens (tertiary/aromatic N) is 1. The normalized spacial score (nSPS) is 18.9. The van der Waals surface area contributed by atoms with Gasteiger partial charge in [0.2, 0.25) is 5.91 Å². The molecule has 4 rings (SSSR count). The van der Waals surface area contributed by atoms with Crippen LogP contribution in [0.15, 0.2) is 48.5 Å². The number of imide groups is 1. The van der Waals surface area contributed by atoms with Crippen molar-refractivity contribution in [1.29, 1.82) is 0 Å². The predicted molar refractivity (Wildman–Crippen MR) is 96.1 cm³/mol. The highest BCUT2D eigenvalue weighted by Gasteiger charge is 2.33. The number of hydrogen-bond donors (Lipinski definition) is 2. The fraction of sp³-hybridized carbons (Fsp3) is 0.250. The molecule has 0 bridgehead atoms. The third-order valence-electron chi connectivity index (χ3n) is 4.92. The topological polar surface area (TPSA) is 78.5 Å². The van der Waals surface area contributed by atoms with Crippen LogP contribution in [0.25, 0.3) is 11.1 Å². The Kier molecular flexibility index (Phi) is 4.16. The van der Waals surface area contributed by atoms with Crippen LogP contribution < -0.4 is 10.6 Å². The van der Waals surface area contributed by atoms with Gasteiger partial charge >= 0.3 is 6.03 Å². The van der Waals surface area contributed by atoms with Gasteiger partial charge in [0.15, 0.2) is 0 Å². The van der Waals surface area contributed by atoms with Gasteiger partial charge in [-0.2, -0.15) is 0 Å². The minimum absolute atomic E-state index is 0.00865. The molecule has 1 saturated heterocycles. The average molecular weight is 349 g/mol. The van der Waals surface area contributed by atoms with E-state index < -0.39 is 18.0 Å². The van der Waals surface area contributed by atoms with Crippen LogP contribution in [0.2, 0.25) is 0 Å². The molecular formula is C20H19N3O3. The van der Waals surface area contributed by atoms with Crippen molar-refractivity contribution < 1.29 is 14.4 Å². The SMILES string of the molecule is O=C1NC(=O)[C@H](CC(=O)N2CCc3ccc(-c4ccccc4)cc3C2)N1. The second-order valence-corrected chi connectivity index (χ2v) is 6.63. The first-order valence-corrected chi connectivity index (χ1v) is 8.66. The van der Waals surface area contributed by atoms with E-state index in [1.54, 1.807) is 4.90 Å². The van der Waals surface area contributed by atoms with E-state index in [0.29, 0.717) is 13.1 Å². The molecule has 2 aliphatic heterocycles. The average Bonchev–Trinajstić information content (AvgIpc) is 2.98. The number of amides is 4. The molecule has 2 N–H and O–H groups in total. The summed E-state index contributed by atoms with van der Waals surface area (Å²) >= 11 is 0. The lowest BCUT2D eigenvalue weighted by molar-refractivity contribution is -0.134. The number of carbonyl (C=O) groups excluding carboxylic acids is 3. The molecular weight excluding hydrogens is 330 g/mol. The summed E-state index contributed by atoms with van der Waals surface area (Å²) in [5.74, 6) is -0.560. The van der Waals surface area contributed by atoms with Gasteiger partial charge in [-0.1, -0.05) is 42.5 Å². The zero-order valence-corrected chi connectivity index (χ0v) is 14.2. The Morgan fingerprint density at radius 3 is 2.58 bits per heavy atom. The number of urea groups is 1. The highest BCUT2D eigenvalue weighted by atomic mass is 16.2. The number of benzene rings is 2. The molecule has 1 atom stereocenters. The highest BCUT2D eigenvalue weighted by molar-refractivity contribution is 6.05. The fourth-order valence-electron chi connectivity index (χ4n) is 3.49. The smallest absolute Gasteiger partial charge is 0.322 e. The summed E-state index contributed by atoms with van der Waals surface area (Å²) in [6.45, 7) is 1.15. The van der Waals surface area contributed by atoms with E-state index in [4.69, 9.17) is 0 Å². The Labute approximate surface area is 151 Å². The minimum Gasteiger partial charge on any atom is -0.338 e.